The van der Waals surface area contributed by atoms with Gasteiger partial charge in [-0.3, -0.25) is 13.8 Å². The third kappa shape index (κ3) is 66.4. The van der Waals surface area contributed by atoms with E-state index in [2.05, 4.69) is 129 Å². The first kappa shape index (κ1) is 80.9. The molecule has 9 heteroatoms. The van der Waals surface area contributed by atoms with Gasteiger partial charge in [0.25, 0.3) is 0 Å². The highest BCUT2D eigenvalue weighted by Gasteiger charge is 2.28. The molecule has 3 atom stereocenters. The van der Waals surface area contributed by atoms with Gasteiger partial charge in [0.2, 0.25) is 5.91 Å². The highest BCUT2D eigenvalue weighted by atomic mass is 31.2. The SMILES string of the molecule is CC/C=C\C/C=C\C/C=C\C/C=C\C/C=C\C/C=C\C/C=C\C/C=C\CCCCCCCCCCCCCCC(=O)NC(COP(=O)(O)OCC[N+](C)(C)C)C(O)/C=C/CC/C=C/CCCCCCCCCCCCCCCCCCCCC. The first-order valence-electron chi connectivity index (χ1n) is 34.9. The second-order valence-electron chi connectivity index (χ2n) is 24.5. The molecule has 8 nitrogen and oxygen atoms in total. The molecule has 0 radical (unpaired) electrons. The molecule has 0 aromatic heterocycles. The summed E-state index contributed by atoms with van der Waals surface area (Å²) in [7, 11) is 1.55. The van der Waals surface area contributed by atoms with Crippen LogP contribution < -0.4 is 5.32 Å². The molecular formula is C75H134N2O6P+. The summed E-state index contributed by atoms with van der Waals surface area (Å²) in [6.07, 6.45) is 96.3. The van der Waals surface area contributed by atoms with Gasteiger partial charge in [-0.05, 0) is 96.3 Å². The normalized spacial score (nSPS) is 14.4. The topological polar surface area (TPSA) is 105 Å². The van der Waals surface area contributed by atoms with Crippen LogP contribution in [0.25, 0.3) is 0 Å². The summed E-state index contributed by atoms with van der Waals surface area (Å²) in [5.74, 6) is -0.191. The molecule has 0 spiro atoms. The van der Waals surface area contributed by atoms with Gasteiger partial charge in [-0.1, -0.05) is 315 Å². The number of nitrogens with one attached hydrogen (secondary N) is 1. The number of unbranched alkanes of at least 4 members (excludes halogenated alkanes) is 32. The summed E-state index contributed by atoms with van der Waals surface area (Å²) in [4.78, 5) is 23.4. The number of carbonyl (C=O) groups is 1. The van der Waals surface area contributed by atoms with Crippen molar-refractivity contribution < 1.29 is 32.9 Å². The smallest absolute Gasteiger partial charge is 0.387 e. The molecule has 3 unspecified atom stereocenters. The first-order valence-corrected chi connectivity index (χ1v) is 36.4. The Morgan fingerprint density at radius 2 is 0.726 bits per heavy atom. The molecule has 0 saturated heterocycles. The molecular weight excluding hydrogens is 1060 g/mol. The number of hydrogen-bond donors (Lipinski definition) is 3. The fourth-order valence-electron chi connectivity index (χ4n) is 9.78. The Morgan fingerprint density at radius 3 is 1.10 bits per heavy atom. The van der Waals surface area contributed by atoms with Crippen molar-refractivity contribution in [2.75, 3.05) is 40.9 Å². The van der Waals surface area contributed by atoms with Gasteiger partial charge in [-0.25, -0.2) is 4.57 Å². The van der Waals surface area contributed by atoms with Gasteiger partial charge in [0.15, 0.2) is 0 Å². The number of likely N-dealkylation sites (N-methyl/N-ethyl adjacent to an activating group) is 1. The van der Waals surface area contributed by atoms with Gasteiger partial charge in [0.1, 0.15) is 13.2 Å². The van der Waals surface area contributed by atoms with Crippen molar-refractivity contribution in [3.8, 4) is 0 Å². The number of carbonyl (C=O) groups excluding carboxylic acids is 1. The third-order valence-corrected chi connectivity index (χ3v) is 16.1. The van der Waals surface area contributed by atoms with Gasteiger partial charge in [-0.15, -0.1) is 0 Å². The Bertz CT molecular complexity index is 1780. The van der Waals surface area contributed by atoms with Crippen molar-refractivity contribution in [2.24, 2.45) is 0 Å². The average molecular weight is 1190 g/mol. The van der Waals surface area contributed by atoms with Crippen LogP contribution >= 0.6 is 7.82 Å². The summed E-state index contributed by atoms with van der Waals surface area (Å²) in [6, 6.07) is -0.874. The molecule has 3 N–H and O–H groups in total. The van der Waals surface area contributed by atoms with Crippen molar-refractivity contribution in [2.45, 2.75) is 309 Å². The number of phosphoric acid groups is 1. The Balaban J connectivity index is 4.14. The maximum absolute atomic E-state index is 13.0. The van der Waals surface area contributed by atoms with Gasteiger partial charge in [0, 0.05) is 6.42 Å². The van der Waals surface area contributed by atoms with Gasteiger partial charge >= 0.3 is 7.82 Å². The molecule has 0 aromatic carbocycles. The minimum Gasteiger partial charge on any atom is -0.387 e. The highest BCUT2D eigenvalue weighted by Crippen LogP contribution is 2.43. The number of quaternary nitrogens is 1. The summed E-state index contributed by atoms with van der Waals surface area (Å²) in [5, 5.41) is 14.0. The lowest BCUT2D eigenvalue weighted by Gasteiger charge is -2.25. The van der Waals surface area contributed by atoms with Gasteiger partial charge in [-0.2, -0.15) is 0 Å². The number of hydrogen-bond acceptors (Lipinski definition) is 5. The van der Waals surface area contributed by atoms with E-state index < -0.39 is 20.0 Å². The number of allylic oxidation sites excluding steroid dienone is 19. The lowest BCUT2D eigenvalue weighted by molar-refractivity contribution is -0.870. The summed E-state index contributed by atoms with van der Waals surface area (Å²) >= 11 is 0. The number of rotatable bonds is 63. The number of nitrogens with zero attached hydrogens (tertiary/aromatic N) is 1. The third-order valence-electron chi connectivity index (χ3n) is 15.2. The van der Waals surface area contributed by atoms with Crippen LogP contribution in [0.4, 0.5) is 0 Å². The lowest BCUT2D eigenvalue weighted by Crippen LogP contribution is -2.45. The molecule has 1 amide bonds. The van der Waals surface area contributed by atoms with Crippen LogP contribution in [0.5, 0.6) is 0 Å². The van der Waals surface area contributed by atoms with Crippen LogP contribution in [0.1, 0.15) is 296 Å². The molecule has 0 aliphatic rings. The van der Waals surface area contributed by atoms with E-state index in [9.17, 15) is 19.4 Å². The van der Waals surface area contributed by atoms with Crippen LogP contribution in [-0.4, -0.2) is 73.4 Å². The second kappa shape index (κ2) is 64.4. The van der Waals surface area contributed by atoms with Crippen LogP contribution in [0.15, 0.2) is 122 Å². The maximum atomic E-state index is 13.0. The van der Waals surface area contributed by atoms with Crippen LogP contribution in [0, 0.1) is 0 Å². The summed E-state index contributed by atoms with van der Waals surface area (Å²) in [6.45, 7) is 4.70. The predicted octanol–water partition coefficient (Wildman–Crippen LogP) is 22.4. The molecule has 0 rings (SSSR count). The molecule has 0 heterocycles. The Morgan fingerprint density at radius 1 is 0.417 bits per heavy atom. The molecule has 0 aliphatic heterocycles. The fraction of sp³-hybridized carbons (Fsp3) is 0.720. The molecule has 0 fully saturated rings. The maximum Gasteiger partial charge on any atom is 0.472 e. The van der Waals surface area contributed by atoms with E-state index in [0.717, 1.165) is 89.9 Å². The van der Waals surface area contributed by atoms with E-state index in [1.54, 1.807) is 6.08 Å². The molecule has 0 aromatic rings. The summed E-state index contributed by atoms with van der Waals surface area (Å²) in [5.41, 5.74) is 0. The number of aliphatic hydroxyl groups excluding tert-OH is 1. The zero-order valence-corrected chi connectivity index (χ0v) is 56.3. The van der Waals surface area contributed by atoms with Crippen molar-refractivity contribution >= 4 is 13.7 Å². The molecule has 0 bridgehead atoms. The van der Waals surface area contributed by atoms with E-state index in [1.807, 2.05) is 27.2 Å². The zero-order chi connectivity index (χ0) is 61.2. The average Bonchev–Trinajstić information content (AvgIpc) is 3.56. The first-order chi connectivity index (χ1) is 41.0. The van der Waals surface area contributed by atoms with Gasteiger partial charge < -0.3 is 19.8 Å². The Labute approximate surface area is 520 Å². The van der Waals surface area contributed by atoms with E-state index in [0.29, 0.717) is 17.4 Å². The van der Waals surface area contributed by atoms with Crippen molar-refractivity contribution in [1.82, 2.24) is 5.32 Å². The number of aliphatic hydroxyl groups is 1. The van der Waals surface area contributed by atoms with Crippen molar-refractivity contribution in [3.05, 3.63) is 122 Å². The van der Waals surface area contributed by atoms with Gasteiger partial charge in [0.05, 0.1) is 39.9 Å². The highest BCUT2D eigenvalue weighted by molar-refractivity contribution is 7.47. The summed E-state index contributed by atoms with van der Waals surface area (Å²) < 4.78 is 23.8. The molecule has 484 valence electrons. The molecule has 84 heavy (non-hydrogen) atoms. The van der Waals surface area contributed by atoms with Crippen molar-refractivity contribution in [1.29, 1.82) is 0 Å². The molecule has 0 saturated carbocycles. The minimum absolute atomic E-state index is 0.0512. The molecule has 0 aliphatic carbocycles. The Kier molecular flexibility index (Phi) is 62.0. The lowest BCUT2D eigenvalue weighted by atomic mass is 10.0. The Hall–Kier alpha value is -3.10. The fourth-order valence-corrected chi connectivity index (χ4v) is 10.5. The predicted molar refractivity (Wildman–Crippen MR) is 368 cm³/mol. The standard InChI is InChI=1S/C75H133N2O6P/c1-6-8-10-12-14-16-18-20-22-24-26-28-30-32-33-34-35-36-37-38-39-40-41-42-43-45-47-49-51-53-55-57-59-61-63-65-67-69-75(79)76-73(72-83-84(80,81)82-71-70-77(3,4)5)74(78)68-66-64-62-60-58-56-54-52-50-48-46-44-31-29-27-25-23-21-19-17-15-13-11-9-7-2/h8,10,14,16,20,22,26,28,32-33,35-36,38-39,41-42,58,60,66,68,73-74,78H,6-7,9,11-13,15,17-19,21,23-25,27,29-31,34,37,40,43-57,59,61-65,67,69-72H2,1-5H3,(H-,76,79,80,81)/p+1/b10-8-,16-14-,22-20-,28-26-,33-32-,36-35-,39-38-,42-41-,60-58+,68-66+. The van der Waals surface area contributed by atoms with E-state index in [1.165, 1.54) is 186 Å². The largest absolute Gasteiger partial charge is 0.472 e. The second-order valence-corrected chi connectivity index (χ2v) is 26.0. The quantitative estimate of drug-likeness (QED) is 0.0243. The van der Waals surface area contributed by atoms with Crippen LogP contribution in [0.3, 0.4) is 0 Å². The number of phosphoric ester groups is 1. The number of amides is 1. The van der Waals surface area contributed by atoms with E-state index in [4.69, 9.17) is 9.05 Å². The van der Waals surface area contributed by atoms with E-state index >= 15 is 0 Å². The van der Waals surface area contributed by atoms with Crippen LogP contribution in [-0.2, 0) is 18.4 Å². The van der Waals surface area contributed by atoms with Crippen molar-refractivity contribution in [3.63, 3.8) is 0 Å². The minimum atomic E-state index is -4.37. The van der Waals surface area contributed by atoms with Crippen LogP contribution in [0.2, 0.25) is 0 Å². The monoisotopic (exact) mass is 1190 g/mol. The zero-order valence-electron chi connectivity index (χ0n) is 55.4. The van der Waals surface area contributed by atoms with E-state index in [-0.39, 0.29) is 19.1 Å².